The number of carbonyl (C=O) groups is 1. The Bertz CT molecular complexity index is 610. The quantitative estimate of drug-likeness (QED) is 0.545. The fourth-order valence-electron chi connectivity index (χ4n) is 3.38. The lowest BCUT2D eigenvalue weighted by Gasteiger charge is -2.47. The zero-order valence-electron chi connectivity index (χ0n) is 15.8. The van der Waals surface area contributed by atoms with Gasteiger partial charge in [0.2, 0.25) is 5.91 Å². The van der Waals surface area contributed by atoms with E-state index in [4.69, 9.17) is 0 Å². The van der Waals surface area contributed by atoms with E-state index in [1.54, 1.807) is 19.0 Å². The van der Waals surface area contributed by atoms with Crippen molar-refractivity contribution in [2.45, 2.75) is 12.6 Å². The minimum atomic E-state index is 0.0331. The van der Waals surface area contributed by atoms with Gasteiger partial charge in [-0.25, -0.2) is 4.99 Å². The number of aliphatic imine (C=N–C) groups is 1. The highest BCUT2D eigenvalue weighted by Gasteiger charge is 2.31. The van der Waals surface area contributed by atoms with Crippen LogP contribution in [-0.4, -0.2) is 92.5 Å². The Kier molecular flexibility index (Phi) is 6.46. The van der Waals surface area contributed by atoms with Crippen LogP contribution in [0.5, 0.6) is 0 Å². The molecule has 2 N–H and O–H groups in total. The number of likely N-dealkylation sites (N-methyl/N-ethyl adjacent to an activating group) is 1. The van der Waals surface area contributed by atoms with Crippen LogP contribution in [0.1, 0.15) is 5.56 Å². The highest BCUT2D eigenvalue weighted by atomic mass is 16.2. The lowest BCUT2D eigenvalue weighted by Crippen LogP contribution is -2.64. The van der Waals surface area contributed by atoms with E-state index < -0.39 is 0 Å². The summed E-state index contributed by atoms with van der Waals surface area (Å²) in [4.78, 5) is 23.2. The number of nitrogens with zero attached hydrogens (tertiary/aromatic N) is 4. The van der Waals surface area contributed by atoms with E-state index in [0.29, 0.717) is 18.5 Å². The Morgan fingerprint density at radius 2 is 1.88 bits per heavy atom. The first-order chi connectivity index (χ1) is 12.6. The van der Waals surface area contributed by atoms with Crippen LogP contribution in [0.2, 0.25) is 0 Å². The maximum atomic E-state index is 11.9. The average Bonchev–Trinajstić information content (AvgIpc) is 2.68. The third-order valence-electron chi connectivity index (χ3n) is 5.07. The van der Waals surface area contributed by atoms with Gasteiger partial charge in [-0.15, -0.1) is 0 Å². The third-order valence-corrected chi connectivity index (χ3v) is 5.07. The fraction of sp³-hybridized carbons (Fsp3) is 0.579. The summed E-state index contributed by atoms with van der Waals surface area (Å²) in [5.74, 6) is 0.729. The topological polar surface area (TPSA) is 63.2 Å². The van der Waals surface area contributed by atoms with Gasteiger partial charge in [-0.2, -0.15) is 0 Å². The Morgan fingerprint density at radius 3 is 2.50 bits per heavy atom. The molecule has 0 aliphatic carbocycles. The van der Waals surface area contributed by atoms with E-state index in [0.717, 1.165) is 31.7 Å². The van der Waals surface area contributed by atoms with Gasteiger partial charge in [0, 0.05) is 59.4 Å². The minimum Gasteiger partial charge on any atom is -0.355 e. The second kappa shape index (κ2) is 9.00. The summed E-state index contributed by atoms with van der Waals surface area (Å²) in [6.45, 7) is 7.44. The maximum absolute atomic E-state index is 11.9. The molecule has 3 aliphatic heterocycles. The number of hydrogen-bond donors (Lipinski definition) is 2. The van der Waals surface area contributed by atoms with Gasteiger partial charge < -0.3 is 15.5 Å². The first-order valence-corrected chi connectivity index (χ1v) is 9.34. The number of benzene rings is 1. The summed E-state index contributed by atoms with van der Waals surface area (Å²) in [6, 6.07) is 10.7. The molecule has 1 aromatic rings. The molecule has 0 spiro atoms. The Morgan fingerprint density at radius 1 is 1.15 bits per heavy atom. The van der Waals surface area contributed by atoms with Crippen LogP contribution in [0.4, 0.5) is 0 Å². The standard InChI is InChI=1S/C19H30N6O/c1-23(2)18(26)14-22-19(20-12-16-6-4-3-5-7-16)21-13-17-15-24-8-10-25(17)11-9-24/h3-7,17H,8-15H2,1-2H3,(H2,20,21,22). The zero-order valence-corrected chi connectivity index (χ0v) is 15.8. The SMILES string of the molecule is CN(C)C(=O)CNC(=NCc1ccccc1)NCC1CN2CCN1CC2. The predicted molar refractivity (Wildman–Crippen MR) is 104 cm³/mol. The molecule has 1 aromatic carbocycles. The van der Waals surface area contributed by atoms with Crippen molar-refractivity contribution in [1.82, 2.24) is 25.3 Å². The minimum absolute atomic E-state index is 0.0331. The van der Waals surface area contributed by atoms with Crippen LogP contribution in [0.15, 0.2) is 35.3 Å². The Hall–Kier alpha value is -2.12. The van der Waals surface area contributed by atoms with Crippen molar-refractivity contribution in [3.05, 3.63) is 35.9 Å². The molecule has 4 rings (SSSR count). The molecule has 3 heterocycles. The molecule has 3 fully saturated rings. The van der Waals surface area contributed by atoms with E-state index in [1.807, 2.05) is 18.2 Å². The number of piperazine rings is 3. The molecule has 0 aromatic heterocycles. The molecule has 2 bridgehead atoms. The van der Waals surface area contributed by atoms with E-state index in [-0.39, 0.29) is 12.5 Å². The van der Waals surface area contributed by atoms with Crippen LogP contribution < -0.4 is 10.6 Å². The molecule has 1 atom stereocenters. The Balaban J connectivity index is 1.57. The number of nitrogens with one attached hydrogen (secondary N) is 2. The van der Waals surface area contributed by atoms with Gasteiger partial charge in [-0.3, -0.25) is 14.6 Å². The smallest absolute Gasteiger partial charge is 0.241 e. The van der Waals surface area contributed by atoms with Gasteiger partial charge in [0.15, 0.2) is 5.96 Å². The zero-order chi connectivity index (χ0) is 18.4. The summed E-state index contributed by atoms with van der Waals surface area (Å²) < 4.78 is 0. The fourth-order valence-corrected chi connectivity index (χ4v) is 3.38. The number of guanidine groups is 1. The first-order valence-electron chi connectivity index (χ1n) is 9.34. The van der Waals surface area contributed by atoms with Crippen LogP contribution in [0.3, 0.4) is 0 Å². The molecule has 3 aliphatic rings. The van der Waals surface area contributed by atoms with Crippen molar-refractivity contribution in [3.8, 4) is 0 Å². The monoisotopic (exact) mass is 358 g/mol. The highest BCUT2D eigenvalue weighted by Crippen LogP contribution is 2.14. The van der Waals surface area contributed by atoms with Gasteiger partial charge in [-0.1, -0.05) is 30.3 Å². The van der Waals surface area contributed by atoms with Crippen LogP contribution in [-0.2, 0) is 11.3 Å². The average molecular weight is 358 g/mol. The van der Waals surface area contributed by atoms with Gasteiger partial charge >= 0.3 is 0 Å². The predicted octanol–water partition coefficient (Wildman–Crippen LogP) is -0.190. The van der Waals surface area contributed by atoms with E-state index >= 15 is 0 Å². The molecule has 0 saturated carbocycles. The summed E-state index contributed by atoms with van der Waals surface area (Å²) in [6.07, 6.45) is 0. The lowest BCUT2D eigenvalue weighted by molar-refractivity contribution is -0.127. The second-order valence-electron chi connectivity index (χ2n) is 7.16. The van der Waals surface area contributed by atoms with Gasteiger partial charge in [0.1, 0.15) is 0 Å². The maximum Gasteiger partial charge on any atom is 0.241 e. The lowest BCUT2D eigenvalue weighted by atomic mass is 10.1. The van der Waals surface area contributed by atoms with Gasteiger partial charge in [0.25, 0.3) is 0 Å². The van der Waals surface area contributed by atoms with E-state index in [2.05, 4.69) is 37.6 Å². The van der Waals surface area contributed by atoms with Gasteiger partial charge in [0.05, 0.1) is 13.1 Å². The van der Waals surface area contributed by atoms with Crippen LogP contribution >= 0.6 is 0 Å². The molecular formula is C19H30N6O. The molecule has 7 nitrogen and oxygen atoms in total. The molecule has 0 radical (unpaired) electrons. The van der Waals surface area contributed by atoms with Crippen LogP contribution in [0, 0.1) is 0 Å². The Labute approximate surface area is 156 Å². The molecule has 26 heavy (non-hydrogen) atoms. The molecule has 3 saturated heterocycles. The normalized spacial score (nSPS) is 25.0. The van der Waals surface area contributed by atoms with Crippen molar-refractivity contribution >= 4 is 11.9 Å². The van der Waals surface area contributed by atoms with Crippen molar-refractivity contribution in [1.29, 1.82) is 0 Å². The first kappa shape index (κ1) is 18.7. The molecular weight excluding hydrogens is 328 g/mol. The molecule has 7 heteroatoms. The summed E-state index contributed by atoms with van der Waals surface area (Å²) in [5, 5.41) is 6.61. The van der Waals surface area contributed by atoms with E-state index in [9.17, 15) is 4.79 Å². The third kappa shape index (κ3) is 5.19. The van der Waals surface area contributed by atoms with E-state index in [1.165, 1.54) is 13.1 Å². The number of carbonyl (C=O) groups excluding carboxylic acids is 1. The van der Waals surface area contributed by atoms with Crippen molar-refractivity contribution < 1.29 is 4.79 Å². The number of hydrogen-bond acceptors (Lipinski definition) is 4. The largest absolute Gasteiger partial charge is 0.355 e. The van der Waals surface area contributed by atoms with Crippen molar-refractivity contribution in [3.63, 3.8) is 0 Å². The summed E-state index contributed by atoms with van der Waals surface area (Å²) in [7, 11) is 3.53. The molecule has 1 unspecified atom stereocenters. The van der Waals surface area contributed by atoms with Crippen molar-refractivity contribution in [2.75, 3.05) is 59.9 Å². The number of rotatable bonds is 6. The molecule has 142 valence electrons. The van der Waals surface area contributed by atoms with Crippen molar-refractivity contribution in [2.24, 2.45) is 4.99 Å². The molecule has 1 amide bonds. The highest BCUT2D eigenvalue weighted by molar-refractivity contribution is 5.86. The summed E-state index contributed by atoms with van der Waals surface area (Å²) >= 11 is 0. The number of amides is 1. The number of fused-ring (bicyclic) bond motifs is 3. The summed E-state index contributed by atoms with van der Waals surface area (Å²) in [5.41, 5.74) is 1.15. The second-order valence-corrected chi connectivity index (χ2v) is 7.16. The van der Waals surface area contributed by atoms with Crippen LogP contribution in [0.25, 0.3) is 0 Å². The van der Waals surface area contributed by atoms with Gasteiger partial charge in [-0.05, 0) is 5.56 Å².